The molecule has 3 rings (SSSR count). The van der Waals surface area contributed by atoms with Crippen LogP contribution in [-0.2, 0) is 17.1 Å². The van der Waals surface area contributed by atoms with Crippen molar-refractivity contribution in [1.82, 2.24) is 4.57 Å². The minimum Gasteiger partial charge on any atom is -0.494 e. The van der Waals surface area contributed by atoms with Gasteiger partial charge in [-0.15, -0.1) is 0 Å². The Balaban J connectivity index is 1.95. The summed E-state index contributed by atoms with van der Waals surface area (Å²) >= 11 is 0. The van der Waals surface area contributed by atoms with Crippen LogP contribution in [0.3, 0.4) is 0 Å². The van der Waals surface area contributed by atoms with Gasteiger partial charge < -0.3 is 9.30 Å². The van der Waals surface area contributed by atoms with Gasteiger partial charge in [0, 0.05) is 29.9 Å². The maximum atomic E-state index is 11.7. The van der Waals surface area contributed by atoms with E-state index in [1.54, 1.807) is 19.1 Å². The van der Waals surface area contributed by atoms with E-state index in [0.29, 0.717) is 12.3 Å². The highest BCUT2D eigenvalue weighted by Gasteiger charge is 2.10. The third kappa shape index (κ3) is 3.64. The second-order valence-corrected chi connectivity index (χ2v) is 7.84. The Bertz CT molecular complexity index is 989. The summed E-state index contributed by atoms with van der Waals surface area (Å²) in [6.07, 6.45) is 0. The van der Waals surface area contributed by atoms with Crippen LogP contribution in [0.15, 0.2) is 48.5 Å². The molecule has 3 aromatic rings. The zero-order valence-electron chi connectivity index (χ0n) is 14.6. The van der Waals surface area contributed by atoms with E-state index in [2.05, 4.69) is 15.4 Å². The van der Waals surface area contributed by atoms with Crippen molar-refractivity contribution in [2.75, 3.05) is 17.1 Å². The zero-order valence-corrected chi connectivity index (χ0v) is 15.4. The first-order chi connectivity index (χ1) is 11.9. The number of rotatable bonds is 6. The van der Waals surface area contributed by atoms with Gasteiger partial charge in [-0.05, 0) is 49.7 Å². The van der Waals surface area contributed by atoms with Crippen molar-refractivity contribution in [2.24, 2.45) is 7.05 Å². The minimum atomic E-state index is -3.26. The minimum absolute atomic E-state index is 0.0557. The van der Waals surface area contributed by atoms with Crippen LogP contribution in [0.1, 0.15) is 13.8 Å². The maximum Gasteiger partial charge on any atom is 0.232 e. The van der Waals surface area contributed by atoms with Crippen molar-refractivity contribution in [2.45, 2.75) is 13.8 Å². The zero-order chi connectivity index (χ0) is 18.0. The van der Waals surface area contributed by atoms with Gasteiger partial charge in [0.25, 0.3) is 0 Å². The largest absolute Gasteiger partial charge is 0.494 e. The van der Waals surface area contributed by atoms with Gasteiger partial charge in [-0.3, -0.25) is 4.72 Å². The normalized spacial score (nSPS) is 11.6. The molecule has 0 atom stereocenters. The third-order valence-electron chi connectivity index (χ3n) is 4.16. The van der Waals surface area contributed by atoms with Gasteiger partial charge in [-0.1, -0.05) is 12.1 Å². The summed E-state index contributed by atoms with van der Waals surface area (Å²) in [6.45, 7) is 4.22. The molecule has 0 amide bonds. The summed E-state index contributed by atoms with van der Waals surface area (Å²) in [4.78, 5) is 0. The number of nitrogens with one attached hydrogen (secondary N) is 1. The molecular formula is C19H22N2O3S. The smallest absolute Gasteiger partial charge is 0.232 e. The first-order valence-electron chi connectivity index (χ1n) is 8.26. The molecule has 0 spiro atoms. The molecule has 25 heavy (non-hydrogen) atoms. The average Bonchev–Trinajstić information content (AvgIpc) is 2.92. The van der Waals surface area contributed by atoms with Crippen molar-refractivity contribution >= 4 is 26.6 Å². The van der Waals surface area contributed by atoms with Gasteiger partial charge in [-0.25, -0.2) is 8.42 Å². The molecule has 2 aromatic carbocycles. The van der Waals surface area contributed by atoms with Crippen molar-refractivity contribution in [3.8, 4) is 17.0 Å². The second-order valence-electron chi connectivity index (χ2n) is 5.83. The second kappa shape index (κ2) is 6.80. The Hall–Kier alpha value is -2.47. The Kier molecular flexibility index (Phi) is 4.72. The Morgan fingerprint density at radius 1 is 1.04 bits per heavy atom. The fourth-order valence-electron chi connectivity index (χ4n) is 2.80. The maximum absolute atomic E-state index is 11.7. The molecule has 1 aromatic heterocycles. The lowest BCUT2D eigenvalue weighted by molar-refractivity contribution is 0.340. The van der Waals surface area contributed by atoms with E-state index in [4.69, 9.17) is 4.74 Å². The van der Waals surface area contributed by atoms with Gasteiger partial charge >= 0.3 is 0 Å². The molecule has 0 bridgehead atoms. The number of benzene rings is 2. The number of nitrogens with zero attached hydrogens (tertiary/aromatic N) is 1. The molecule has 0 saturated heterocycles. The molecule has 6 heteroatoms. The van der Waals surface area contributed by atoms with E-state index < -0.39 is 10.0 Å². The number of anilines is 1. The molecule has 0 aliphatic heterocycles. The number of fused-ring (bicyclic) bond motifs is 1. The van der Waals surface area contributed by atoms with E-state index in [1.807, 2.05) is 44.3 Å². The fourth-order valence-corrected chi connectivity index (χ4v) is 3.44. The van der Waals surface area contributed by atoms with Crippen LogP contribution < -0.4 is 9.46 Å². The SMILES string of the molecule is CCOc1ccc2cc(-c3ccc(NS(=O)(=O)CC)cc3)n(C)c2c1. The quantitative estimate of drug-likeness (QED) is 0.724. The van der Waals surface area contributed by atoms with E-state index in [9.17, 15) is 8.42 Å². The first-order valence-corrected chi connectivity index (χ1v) is 9.92. The lowest BCUT2D eigenvalue weighted by atomic mass is 10.1. The van der Waals surface area contributed by atoms with E-state index >= 15 is 0 Å². The number of sulfonamides is 1. The highest BCUT2D eigenvalue weighted by molar-refractivity contribution is 7.92. The lowest BCUT2D eigenvalue weighted by Crippen LogP contribution is -2.14. The number of hydrogen-bond donors (Lipinski definition) is 1. The number of ether oxygens (including phenoxy) is 1. The van der Waals surface area contributed by atoms with Gasteiger partial charge in [0.05, 0.1) is 17.9 Å². The van der Waals surface area contributed by atoms with Crippen molar-refractivity contribution < 1.29 is 13.2 Å². The molecule has 0 fully saturated rings. The predicted molar refractivity (Wildman–Crippen MR) is 103 cm³/mol. The highest BCUT2D eigenvalue weighted by Crippen LogP contribution is 2.30. The van der Waals surface area contributed by atoms with Crippen LogP contribution in [0.4, 0.5) is 5.69 Å². The van der Waals surface area contributed by atoms with Crippen LogP contribution in [0.25, 0.3) is 22.2 Å². The van der Waals surface area contributed by atoms with Crippen LogP contribution in [0, 0.1) is 0 Å². The van der Waals surface area contributed by atoms with Gasteiger partial charge in [0.15, 0.2) is 0 Å². The fraction of sp³-hybridized carbons (Fsp3) is 0.263. The van der Waals surface area contributed by atoms with Crippen LogP contribution in [0.5, 0.6) is 5.75 Å². The molecule has 0 radical (unpaired) electrons. The molecule has 132 valence electrons. The van der Waals surface area contributed by atoms with Gasteiger partial charge in [0.2, 0.25) is 10.0 Å². The number of aryl methyl sites for hydroxylation is 1. The molecule has 5 nitrogen and oxygen atoms in total. The summed E-state index contributed by atoms with van der Waals surface area (Å²) in [5.74, 6) is 0.909. The number of aromatic nitrogens is 1. The summed E-state index contributed by atoms with van der Waals surface area (Å²) in [5.41, 5.74) is 3.75. The first kappa shape index (κ1) is 17.4. The van der Waals surface area contributed by atoms with Gasteiger partial charge in [-0.2, -0.15) is 0 Å². The summed E-state index contributed by atoms with van der Waals surface area (Å²) in [7, 11) is -1.24. The van der Waals surface area contributed by atoms with Crippen molar-refractivity contribution in [3.63, 3.8) is 0 Å². The average molecular weight is 358 g/mol. The molecular weight excluding hydrogens is 336 g/mol. The Labute approximate surface area is 148 Å². The summed E-state index contributed by atoms with van der Waals surface area (Å²) < 4.78 is 33.6. The van der Waals surface area contributed by atoms with Crippen LogP contribution >= 0.6 is 0 Å². The summed E-state index contributed by atoms with van der Waals surface area (Å²) in [6, 6.07) is 15.6. The standard InChI is InChI=1S/C19H22N2O3S/c1-4-24-17-11-8-15-12-18(21(3)19(15)13-17)14-6-9-16(10-7-14)20-25(22,23)5-2/h6-13,20H,4-5H2,1-3H3. The third-order valence-corrected chi connectivity index (χ3v) is 5.47. The summed E-state index contributed by atoms with van der Waals surface area (Å²) in [5, 5.41) is 1.14. The lowest BCUT2D eigenvalue weighted by Gasteiger charge is -2.08. The molecule has 1 N–H and O–H groups in total. The Morgan fingerprint density at radius 3 is 2.40 bits per heavy atom. The van der Waals surface area contributed by atoms with E-state index in [1.165, 1.54) is 0 Å². The van der Waals surface area contributed by atoms with Crippen molar-refractivity contribution in [1.29, 1.82) is 0 Å². The van der Waals surface area contributed by atoms with Crippen LogP contribution in [0.2, 0.25) is 0 Å². The molecule has 1 heterocycles. The highest BCUT2D eigenvalue weighted by atomic mass is 32.2. The molecule has 0 saturated carbocycles. The predicted octanol–water partition coefficient (Wildman–Crippen LogP) is 4.01. The van der Waals surface area contributed by atoms with Gasteiger partial charge in [0.1, 0.15) is 5.75 Å². The van der Waals surface area contributed by atoms with Crippen LogP contribution in [-0.4, -0.2) is 25.3 Å². The van der Waals surface area contributed by atoms with Crippen molar-refractivity contribution in [3.05, 3.63) is 48.5 Å². The van der Waals surface area contributed by atoms with E-state index in [0.717, 1.165) is 27.9 Å². The Morgan fingerprint density at radius 2 is 1.76 bits per heavy atom. The topological polar surface area (TPSA) is 60.3 Å². The molecule has 0 aliphatic carbocycles. The monoisotopic (exact) mass is 358 g/mol. The van der Waals surface area contributed by atoms with E-state index in [-0.39, 0.29) is 5.75 Å². The molecule has 0 aliphatic rings. The molecule has 0 unspecified atom stereocenters. The number of hydrogen-bond acceptors (Lipinski definition) is 3.